The highest BCUT2D eigenvalue weighted by molar-refractivity contribution is 5.76. The lowest BCUT2D eigenvalue weighted by Gasteiger charge is -2.25. The van der Waals surface area contributed by atoms with Crippen LogP contribution in [0.25, 0.3) is 0 Å². The minimum Gasteiger partial charge on any atom is -0.486 e. The lowest BCUT2D eigenvalue weighted by Crippen LogP contribution is -2.32. The monoisotopic (exact) mass is 413 g/mol. The standard InChI is InChI=1S/C22H27N3O5/c1-15(2)22(16-9-10-19-20(14-16)30-13-12-29-19)24-21(26)8-5-11-23-17-6-3-4-7-18(17)25(27)28/h3-4,6-7,9-10,14-15,22-23H,5,8,11-13H2,1-2H3,(H,24,26). The van der Waals surface area contributed by atoms with Crippen LogP contribution in [-0.4, -0.2) is 30.6 Å². The molecule has 0 aliphatic carbocycles. The Balaban J connectivity index is 1.53. The van der Waals surface area contributed by atoms with E-state index in [9.17, 15) is 14.9 Å². The summed E-state index contributed by atoms with van der Waals surface area (Å²) in [6.45, 7) is 5.63. The van der Waals surface area contributed by atoms with E-state index in [-0.39, 0.29) is 23.6 Å². The minimum atomic E-state index is -0.421. The van der Waals surface area contributed by atoms with Crippen LogP contribution in [0.3, 0.4) is 0 Å². The second kappa shape index (κ2) is 9.96. The average molecular weight is 413 g/mol. The number of carbonyl (C=O) groups excluding carboxylic acids is 1. The first kappa shape index (κ1) is 21.4. The number of nitro groups is 1. The molecule has 1 amide bonds. The fraction of sp³-hybridized carbons (Fsp3) is 0.409. The molecule has 30 heavy (non-hydrogen) atoms. The van der Waals surface area contributed by atoms with E-state index in [1.54, 1.807) is 18.2 Å². The van der Waals surface area contributed by atoms with Gasteiger partial charge in [-0.3, -0.25) is 14.9 Å². The molecule has 0 spiro atoms. The van der Waals surface area contributed by atoms with Gasteiger partial charge in [0, 0.05) is 19.0 Å². The minimum absolute atomic E-state index is 0.0282. The van der Waals surface area contributed by atoms with Gasteiger partial charge in [-0.1, -0.05) is 32.0 Å². The van der Waals surface area contributed by atoms with E-state index in [2.05, 4.69) is 24.5 Å². The lowest BCUT2D eigenvalue weighted by molar-refractivity contribution is -0.384. The predicted molar refractivity (Wildman–Crippen MR) is 114 cm³/mol. The van der Waals surface area contributed by atoms with E-state index in [1.165, 1.54) is 6.07 Å². The Bertz CT molecular complexity index is 900. The maximum absolute atomic E-state index is 12.5. The molecule has 0 aromatic heterocycles. The first-order valence-corrected chi connectivity index (χ1v) is 10.1. The third-order valence-electron chi connectivity index (χ3n) is 4.91. The number of hydrogen-bond donors (Lipinski definition) is 2. The van der Waals surface area contributed by atoms with Crippen molar-refractivity contribution in [3.8, 4) is 11.5 Å². The molecule has 8 nitrogen and oxygen atoms in total. The van der Waals surface area contributed by atoms with Crippen LogP contribution in [0.4, 0.5) is 11.4 Å². The quantitative estimate of drug-likeness (QED) is 0.365. The normalized spacial score (nSPS) is 13.6. The van der Waals surface area contributed by atoms with Crippen molar-refractivity contribution in [2.45, 2.75) is 32.7 Å². The summed E-state index contributed by atoms with van der Waals surface area (Å²) in [6, 6.07) is 12.1. The van der Waals surface area contributed by atoms with Crippen molar-refractivity contribution < 1.29 is 19.2 Å². The van der Waals surface area contributed by atoms with E-state index >= 15 is 0 Å². The zero-order chi connectivity index (χ0) is 21.5. The summed E-state index contributed by atoms with van der Waals surface area (Å²) < 4.78 is 11.2. The molecule has 2 aromatic carbocycles. The van der Waals surface area contributed by atoms with Crippen LogP contribution < -0.4 is 20.1 Å². The van der Waals surface area contributed by atoms with Crippen molar-refractivity contribution in [2.24, 2.45) is 5.92 Å². The van der Waals surface area contributed by atoms with Crippen LogP contribution in [0.15, 0.2) is 42.5 Å². The number of anilines is 1. The molecule has 2 N–H and O–H groups in total. The Morgan fingerprint density at radius 3 is 2.60 bits per heavy atom. The Hall–Kier alpha value is -3.29. The van der Waals surface area contributed by atoms with Gasteiger partial charge in [0.15, 0.2) is 11.5 Å². The molecular weight excluding hydrogens is 386 g/mol. The van der Waals surface area contributed by atoms with Gasteiger partial charge in [-0.25, -0.2) is 0 Å². The van der Waals surface area contributed by atoms with Crippen molar-refractivity contribution in [3.05, 3.63) is 58.1 Å². The molecule has 0 saturated carbocycles. The Morgan fingerprint density at radius 1 is 1.13 bits per heavy atom. The topological polar surface area (TPSA) is 103 Å². The third-order valence-corrected chi connectivity index (χ3v) is 4.91. The molecule has 0 radical (unpaired) electrons. The molecule has 0 bridgehead atoms. The molecule has 1 heterocycles. The number of benzene rings is 2. The highest BCUT2D eigenvalue weighted by atomic mass is 16.6. The van der Waals surface area contributed by atoms with Crippen LogP contribution >= 0.6 is 0 Å². The number of para-hydroxylation sites is 2. The molecule has 8 heteroatoms. The molecule has 1 aliphatic rings. The second-order valence-corrected chi connectivity index (χ2v) is 7.50. The van der Waals surface area contributed by atoms with Crippen molar-refractivity contribution in [1.82, 2.24) is 5.32 Å². The van der Waals surface area contributed by atoms with E-state index < -0.39 is 4.92 Å². The smallest absolute Gasteiger partial charge is 0.292 e. The molecule has 1 unspecified atom stereocenters. The third kappa shape index (κ3) is 5.40. The predicted octanol–water partition coefficient (Wildman–Crippen LogP) is 4.07. The fourth-order valence-electron chi connectivity index (χ4n) is 3.39. The van der Waals surface area contributed by atoms with Crippen molar-refractivity contribution in [3.63, 3.8) is 0 Å². The van der Waals surface area contributed by atoms with Crippen LogP contribution in [0.2, 0.25) is 0 Å². The van der Waals surface area contributed by atoms with E-state index in [4.69, 9.17) is 9.47 Å². The summed E-state index contributed by atoms with van der Waals surface area (Å²) in [5.41, 5.74) is 1.46. The number of nitro benzene ring substituents is 1. The Labute approximate surface area is 175 Å². The molecule has 0 saturated heterocycles. The van der Waals surface area contributed by atoms with Crippen LogP contribution in [0.5, 0.6) is 11.5 Å². The van der Waals surface area contributed by atoms with Crippen LogP contribution in [-0.2, 0) is 4.79 Å². The number of hydrogen-bond acceptors (Lipinski definition) is 6. The van der Waals surface area contributed by atoms with Gasteiger partial charge in [-0.15, -0.1) is 0 Å². The van der Waals surface area contributed by atoms with Gasteiger partial charge in [0.2, 0.25) is 5.91 Å². The number of nitrogens with zero attached hydrogens (tertiary/aromatic N) is 1. The maximum atomic E-state index is 12.5. The lowest BCUT2D eigenvalue weighted by atomic mass is 9.95. The molecule has 2 aromatic rings. The summed E-state index contributed by atoms with van der Waals surface area (Å²) in [5.74, 6) is 1.56. The SMILES string of the molecule is CC(C)C(NC(=O)CCCNc1ccccc1[N+](=O)[O-])c1ccc2c(c1)OCCO2. The van der Waals surface area contributed by atoms with Gasteiger partial charge in [-0.05, 0) is 36.1 Å². The zero-order valence-electron chi connectivity index (χ0n) is 17.2. The first-order chi connectivity index (χ1) is 14.5. The first-order valence-electron chi connectivity index (χ1n) is 10.1. The summed E-state index contributed by atoms with van der Waals surface area (Å²) >= 11 is 0. The molecule has 0 fully saturated rings. The highest BCUT2D eigenvalue weighted by Gasteiger charge is 2.21. The van der Waals surface area contributed by atoms with Gasteiger partial charge in [0.1, 0.15) is 18.9 Å². The van der Waals surface area contributed by atoms with E-state index in [0.29, 0.717) is 44.0 Å². The van der Waals surface area contributed by atoms with Gasteiger partial charge >= 0.3 is 0 Å². The number of carbonyl (C=O) groups is 1. The number of rotatable bonds is 9. The van der Waals surface area contributed by atoms with Gasteiger partial charge < -0.3 is 20.1 Å². The largest absolute Gasteiger partial charge is 0.486 e. The zero-order valence-corrected chi connectivity index (χ0v) is 17.2. The van der Waals surface area contributed by atoms with Gasteiger partial charge in [-0.2, -0.15) is 0 Å². The summed E-state index contributed by atoms with van der Waals surface area (Å²) in [6.07, 6.45) is 0.880. The van der Waals surface area contributed by atoms with Crippen molar-refractivity contribution in [1.29, 1.82) is 0 Å². The molecule has 160 valence electrons. The van der Waals surface area contributed by atoms with Gasteiger partial charge in [0.25, 0.3) is 5.69 Å². The number of nitrogens with one attached hydrogen (secondary N) is 2. The van der Waals surface area contributed by atoms with E-state index in [0.717, 1.165) is 11.3 Å². The number of ether oxygens (including phenoxy) is 2. The Morgan fingerprint density at radius 2 is 1.87 bits per heavy atom. The van der Waals surface area contributed by atoms with Crippen LogP contribution in [0, 0.1) is 16.0 Å². The van der Waals surface area contributed by atoms with E-state index in [1.807, 2.05) is 18.2 Å². The van der Waals surface area contributed by atoms with Gasteiger partial charge in [0.05, 0.1) is 11.0 Å². The molecule has 3 rings (SSSR count). The average Bonchev–Trinajstić information content (AvgIpc) is 2.74. The molecule has 1 aliphatic heterocycles. The second-order valence-electron chi connectivity index (χ2n) is 7.50. The van der Waals surface area contributed by atoms with Crippen LogP contribution in [0.1, 0.15) is 38.3 Å². The summed E-state index contributed by atoms with van der Waals surface area (Å²) in [7, 11) is 0. The maximum Gasteiger partial charge on any atom is 0.292 e. The fourth-order valence-corrected chi connectivity index (χ4v) is 3.39. The number of fused-ring (bicyclic) bond motifs is 1. The molecule has 1 atom stereocenters. The highest BCUT2D eigenvalue weighted by Crippen LogP contribution is 2.34. The summed E-state index contributed by atoms with van der Waals surface area (Å²) in [5, 5.41) is 17.2. The molecular formula is C22H27N3O5. The summed E-state index contributed by atoms with van der Waals surface area (Å²) in [4.78, 5) is 23.1. The van der Waals surface area contributed by atoms with Crippen molar-refractivity contribution in [2.75, 3.05) is 25.1 Å². The Kier molecular flexibility index (Phi) is 7.11. The number of amides is 1. The van der Waals surface area contributed by atoms with Crippen molar-refractivity contribution >= 4 is 17.3 Å².